The zero-order valence-corrected chi connectivity index (χ0v) is 14.3. The van der Waals surface area contributed by atoms with Crippen LogP contribution in [0.1, 0.15) is 11.1 Å². The van der Waals surface area contributed by atoms with Gasteiger partial charge in [-0.2, -0.15) is 4.99 Å². The van der Waals surface area contributed by atoms with E-state index >= 15 is 0 Å². The summed E-state index contributed by atoms with van der Waals surface area (Å²) >= 11 is 1.46. The topological polar surface area (TPSA) is 41.9 Å². The third kappa shape index (κ3) is 3.96. The van der Waals surface area contributed by atoms with Crippen molar-refractivity contribution in [3.05, 3.63) is 40.3 Å². The highest BCUT2D eigenvalue weighted by atomic mass is 79.9. The van der Waals surface area contributed by atoms with E-state index in [-0.39, 0.29) is 22.9 Å². The second-order valence-corrected chi connectivity index (χ2v) is 5.83. The van der Waals surface area contributed by atoms with Crippen molar-refractivity contribution in [3.63, 3.8) is 0 Å². The summed E-state index contributed by atoms with van der Waals surface area (Å²) in [5.74, 6) is -0.142. The lowest BCUT2D eigenvalue weighted by molar-refractivity contribution is -0.113. The lowest BCUT2D eigenvalue weighted by atomic mass is 10.1. The Hall–Kier alpha value is -1.11. The van der Waals surface area contributed by atoms with E-state index in [4.69, 9.17) is 4.74 Å². The number of amidine groups is 1. The molecule has 1 aromatic carbocycles. The van der Waals surface area contributed by atoms with Crippen LogP contribution in [-0.4, -0.2) is 42.3 Å². The van der Waals surface area contributed by atoms with Gasteiger partial charge in [-0.25, -0.2) is 0 Å². The molecule has 2 heterocycles. The molecule has 6 heteroatoms. The van der Waals surface area contributed by atoms with Gasteiger partial charge in [0.2, 0.25) is 0 Å². The number of amides is 1. The molecule has 0 spiro atoms. The minimum Gasteiger partial charge on any atom is -0.378 e. The number of halogens is 1. The summed E-state index contributed by atoms with van der Waals surface area (Å²) in [5, 5.41) is 0.802. The summed E-state index contributed by atoms with van der Waals surface area (Å²) in [7, 11) is 0. The van der Waals surface area contributed by atoms with Crippen molar-refractivity contribution in [2.75, 3.05) is 26.3 Å². The molecule has 1 saturated heterocycles. The van der Waals surface area contributed by atoms with Gasteiger partial charge in [-0.3, -0.25) is 4.79 Å². The zero-order valence-electron chi connectivity index (χ0n) is 11.7. The third-order valence-electron chi connectivity index (χ3n) is 3.27. The lowest BCUT2D eigenvalue weighted by Crippen LogP contribution is -2.38. The first-order chi connectivity index (χ1) is 9.72. The van der Waals surface area contributed by atoms with Crippen molar-refractivity contribution in [2.45, 2.75) is 6.92 Å². The Labute approximate surface area is 139 Å². The quantitative estimate of drug-likeness (QED) is 0.714. The molecular formula is C15H17BrN2O2S. The highest BCUT2D eigenvalue weighted by molar-refractivity contribution is 8.93. The smallest absolute Gasteiger partial charge is 0.286 e. The van der Waals surface area contributed by atoms with E-state index in [0.717, 1.165) is 23.8 Å². The van der Waals surface area contributed by atoms with E-state index in [1.54, 1.807) is 0 Å². The summed E-state index contributed by atoms with van der Waals surface area (Å²) in [5.41, 5.74) is 2.24. The number of rotatable bonds is 1. The Bertz CT molecular complexity index is 578. The molecule has 0 radical (unpaired) electrons. The van der Waals surface area contributed by atoms with Crippen LogP contribution in [0.4, 0.5) is 0 Å². The first kappa shape index (κ1) is 16.3. The number of aliphatic imine (C=N–C) groups is 1. The van der Waals surface area contributed by atoms with E-state index in [1.807, 2.05) is 37.3 Å². The van der Waals surface area contributed by atoms with Gasteiger partial charge in [-0.15, -0.1) is 17.0 Å². The van der Waals surface area contributed by atoms with Crippen LogP contribution >= 0.6 is 28.7 Å². The fourth-order valence-electron chi connectivity index (χ4n) is 2.10. The Morgan fingerprint density at radius 3 is 2.57 bits per heavy atom. The second-order valence-electron chi connectivity index (χ2n) is 4.82. The van der Waals surface area contributed by atoms with Gasteiger partial charge in [0.15, 0.2) is 5.17 Å². The molecule has 21 heavy (non-hydrogen) atoms. The summed E-state index contributed by atoms with van der Waals surface area (Å²) in [4.78, 5) is 18.9. The number of carbonyl (C=O) groups excluding carboxylic acids is 1. The van der Waals surface area contributed by atoms with Gasteiger partial charge in [0.05, 0.1) is 18.1 Å². The second kappa shape index (κ2) is 7.24. The first-order valence-electron chi connectivity index (χ1n) is 6.64. The van der Waals surface area contributed by atoms with Crippen LogP contribution in [0.25, 0.3) is 6.08 Å². The van der Waals surface area contributed by atoms with Crippen molar-refractivity contribution in [1.29, 1.82) is 0 Å². The highest BCUT2D eigenvalue weighted by Crippen LogP contribution is 2.30. The SMILES string of the molecule is Br.Cc1ccc(C=C2SC(N3CCOCC3)=NC2=O)cc1. The number of nitrogens with zero attached hydrogens (tertiary/aromatic N) is 2. The minimum atomic E-state index is -0.142. The van der Waals surface area contributed by atoms with Gasteiger partial charge in [0.25, 0.3) is 5.91 Å². The maximum absolute atomic E-state index is 12.0. The van der Waals surface area contributed by atoms with Gasteiger partial charge in [-0.1, -0.05) is 29.8 Å². The van der Waals surface area contributed by atoms with Crippen LogP contribution in [0.3, 0.4) is 0 Å². The molecule has 0 saturated carbocycles. The van der Waals surface area contributed by atoms with E-state index in [2.05, 4.69) is 9.89 Å². The number of ether oxygens (including phenoxy) is 1. The summed E-state index contributed by atoms with van der Waals surface area (Å²) in [6.07, 6.45) is 1.91. The monoisotopic (exact) mass is 368 g/mol. The van der Waals surface area contributed by atoms with Crippen LogP contribution in [0, 0.1) is 6.92 Å². The molecule has 0 aliphatic carbocycles. The maximum atomic E-state index is 12.0. The molecule has 4 nitrogen and oxygen atoms in total. The number of aryl methyl sites for hydroxylation is 1. The molecular weight excluding hydrogens is 352 g/mol. The summed E-state index contributed by atoms with van der Waals surface area (Å²) in [6.45, 7) is 5.05. The zero-order chi connectivity index (χ0) is 13.9. The largest absolute Gasteiger partial charge is 0.378 e. The van der Waals surface area contributed by atoms with Crippen molar-refractivity contribution in [2.24, 2.45) is 4.99 Å². The molecule has 0 bridgehead atoms. The molecule has 1 amide bonds. The van der Waals surface area contributed by atoms with Crippen molar-refractivity contribution in [1.82, 2.24) is 4.90 Å². The average molecular weight is 369 g/mol. The van der Waals surface area contributed by atoms with Crippen LogP contribution in [0.5, 0.6) is 0 Å². The molecule has 0 unspecified atom stereocenters. The van der Waals surface area contributed by atoms with Gasteiger partial charge in [0.1, 0.15) is 0 Å². The lowest BCUT2D eigenvalue weighted by Gasteiger charge is -2.27. The minimum absolute atomic E-state index is 0. The summed E-state index contributed by atoms with van der Waals surface area (Å²) < 4.78 is 5.31. The molecule has 3 rings (SSSR count). The maximum Gasteiger partial charge on any atom is 0.286 e. The van der Waals surface area contributed by atoms with Gasteiger partial charge < -0.3 is 9.64 Å². The standard InChI is InChI=1S/C15H16N2O2S.BrH/c1-11-2-4-12(5-3-11)10-13-14(18)16-15(20-13)17-6-8-19-9-7-17;/h2-5,10H,6-9H2,1H3;1H. The van der Waals surface area contributed by atoms with Crippen molar-refractivity contribution >= 4 is 45.9 Å². The predicted octanol–water partition coefficient (Wildman–Crippen LogP) is 2.88. The summed E-state index contributed by atoms with van der Waals surface area (Å²) in [6, 6.07) is 8.12. The van der Waals surface area contributed by atoms with Gasteiger partial charge >= 0.3 is 0 Å². The number of morpholine rings is 1. The Kier molecular flexibility index (Phi) is 5.61. The molecule has 2 aliphatic heterocycles. The van der Waals surface area contributed by atoms with Crippen LogP contribution in [-0.2, 0) is 9.53 Å². The fourth-order valence-corrected chi connectivity index (χ4v) is 3.07. The van der Waals surface area contributed by atoms with E-state index < -0.39 is 0 Å². The van der Waals surface area contributed by atoms with Crippen molar-refractivity contribution < 1.29 is 9.53 Å². The van der Waals surface area contributed by atoms with E-state index in [9.17, 15) is 4.79 Å². The number of benzene rings is 1. The molecule has 0 atom stereocenters. The predicted molar refractivity (Wildman–Crippen MR) is 91.9 cm³/mol. The highest BCUT2D eigenvalue weighted by Gasteiger charge is 2.26. The van der Waals surface area contributed by atoms with Crippen molar-refractivity contribution in [3.8, 4) is 0 Å². The number of hydrogen-bond donors (Lipinski definition) is 0. The Morgan fingerprint density at radius 2 is 1.90 bits per heavy atom. The van der Waals surface area contributed by atoms with Crippen LogP contribution in [0.15, 0.2) is 34.2 Å². The van der Waals surface area contributed by atoms with Gasteiger partial charge in [0, 0.05) is 13.1 Å². The molecule has 112 valence electrons. The van der Waals surface area contributed by atoms with Crippen LogP contribution < -0.4 is 0 Å². The van der Waals surface area contributed by atoms with E-state index in [0.29, 0.717) is 18.1 Å². The molecule has 1 fully saturated rings. The third-order valence-corrected chi connectivity index (χ3v) is 4.31. The Balaban J connectivity index is 0.00000161. The fraction of sp³-hybridized carbons (Fsp3) is 0.333. The molecule has 0 aromatic heterocycles. The van der Waals surface area contributed by atoms with E-state index in [1.165, 1.54) is 17.3 Å². The number of hydrogen-bond acceptors (Lipinski definition) is 4. The average Bonchev–Trinajstić information content (AvgIpc) is 2.84. The molecule has 0 N–H and O–H groups in total. The van der Waals surface area contributed by atoms with Gasteiger partial charge in [-0.05, 0) is 30.3 Å². The molecule has 1 aromatic rings. The van der Waals surface area contributed by atoms with Crippen LogP contribution in [0.2, 0.25) is 0 Å². The Morgan fingerprint density at radius 1 is 1.24 bits per heavy atom. The normalized spacial score (nSPS) is 20.4. The first-order valence-corrected chi connectivity index (χ1v) is 7.46. The molecule has 2 aliphatic rings. The number of carbonyl (C=O) groups is 1. The number of thioether (sulfide) groups is 1.